The van der Waals surface area contributed by atoms with Gasteiger partial charge < -0.3 is 21.5 Å². The Morgan fingerprint density at radius 3 is 2.41 bits per heavy atom. The molecule has 172 valence electrons. The second kappa shape index (κ2) is 10.1. The number of carbonyl (C=O) groups is 1. The van der Waals surface area contributed by atoms with Crippen molar-refractivity contribution >= 4 is 23.1 Å². The molecule has 0 aliphatic heterocycles. The predicted octanol–water partition coefficient (Wildman–Crippen LogP) is 5.16. The van der Waals surface area contributed by atoms with Gasteiger partial charge in [0, 0.05) is 16.8 Å². The highest BCUT2D eigenvalue weighted by Gasteiger charge is 2.15. The van der Waals surface area contributed by atoms with E-state index in [0.717, 1.165) is 11.6 Å². The minimum atomic E-state index is -0.727. The van der Waals surface area contributed by atoms with Crippen LogP contribution in [0.15, 0.2) is 78.9 Å². The summed E-state index contributed by atoms with van der Waals surface area (Å²) >= 11 is 0. The highest BCUT2D eigenvalue weighted by Crippen LogP contribution is 2.25. The number of anilines is 3. The van der Waals surface area contributed by atoms with Gasteiger partial charge >= 0.3 is 0 Å². The fraction of sp³-hybridized carbons (Fsp3) is 0.0769. The van der Waals surface area contributed by atoms with Gasteiger partial charge in [-0.1, -0.05) is 36.4 Å². The standard InChI is InChI=1S/C26H22F2N4O2/c27-21-9-7-17(24-11-10-23(29)25(30)32-24)12-20(21)26(33)31-19-8-6-18(22(28)13-19)15-34-14-16-4-2-1-3-5-16/h1-13H,14-15,29H2,(H2,30,32)(H,31,33). The third-order valence-electron chi connectivity index (χ3n) is 5.14. The molecule has 0 saturated heterocycles. The van der Waals surface area contributed by atoms with Crippen LogP contribution in [0, 0.1) is 11.6 Å². The lowest BCUT2D eigenvalue weighted by Crippen LogP contribution is -2.14. The van der Waals surface area contributed by atoms with Crippen LogP contribution in [0.25, 0.3) is 11.3 Å². The number of amides is 1. The van der Waals surface area contributed by atoms with Crippen molar-refractivity contribution in [2.75, 3.05) is 16.8 Å². The maximum atomic E-state index is 14.5. The number of hydrogen-bond donors (Lipinski definition) is 3. The summed E-state index contributed by atoms with van der Waals surface area (Å²) < 4.78 is 34.5. The van der Waals surface area contributed by atoms with Gasteiger partial charge in [-0.25, -0.2) is 13.8 Å². The van der Waals surface area contributed by atoms with Gasteiger partial charge in [-0.05, 0) is 48.0 Å². The molecule has 5 N–H and O–H groups in total. The molecule has 0 aliphatic carbocycles. The van der Waals surface area contributed by atoms with Gasteiger partial charge in [-0.3, -0.25) is 4.79 Å². The van der Waals surface area contributed by atoms with Crippen molar-refractivity contribution < 1.29 is 18.3 Å². The van der Waals surface area contributed by atoms with Crippen molar-refractivity contribution in [3.8, 4) is 11.3 Å². The normalized spacial score (nSPS) is 10.8. The van der Waals surface area contributed by atoms with Crippen LogP contribution in [0.5, 0.6) is 0 Å². The average molecular weight is 460 g/mol. The van der Waals surface area contributed by atoms with Gasteiger partial charge in [0.25, 0.3) is 5.91 Å². The highest BCUT2D eigenvalue weighted by atomic mass is 19.1. The minimum Gasteiger partial charge on any atom is -0.396 e. The number of halogens is 2. The Hall–Kier alpha value is -4.30. The maximum Gasteiger partial charge on any atom is 0.258 e. The Kier molecular flexibility index (Phi) is 6.79. The number of carbonyl (C=O) groups excluding carboxylic acids is 1. The zero-order chi connectivity index (χ0) is 24.1. The second-order valence-corrected chi connectivity index (χ2v) is 7.60. The number of ether oxygens (including phenoxy) is 1. The van der Waals surface area contributed by atoms with Crippen LogP contribution in [0.3, 0.4) is 0 Å². The molecule has 3 aromatic carbocycles. The first-order valence-corrected chi connectivity index (χ1v) is 10.4. The van der Waals surface area contributed by atoms with Crippen LogP contribution in [-0.2, 0) is 18.0 Å². The van der Waals surface area contributed by atoms with Crippen LogP contribution in [0.1, 0.15) is 21.5 Å². The van der Waals surface area contributed by atoms with Crippen LogP contribution >= 0.6 is 0 Å². The lowest BCUT2D eigenvalue weighted by atomic mass is 10.1. The summed E-state index contributed by atoms with van der Waals surface area (Å²) in [4.78, 5) is 16.9. The molecule has 0 bridgehead atoms. The van der Waals surface area contributed by atoms with E-state index in [1.54, 1.807) is 12.1 Å². The third kappa shape index (κ3) is 5.36. The van der Waals surface area contributed by atoms with E-state index in [0.29, 0.717) is 29.1 Å². The molecule has 0 spiro atoms. The summed E-state index contributed by atoms with van der Waals surface area (Å²) in [6.45, 7) is 0.423. The van der Waals surface area contributed by atoms with Crippen LogP contribution in [0.4, 0.5) is 26.0 Å². The summed E-state index contributed by atoms with van der Waals surface area (Å²) in [7, 11) is 0. The van der Waals surface area contributed by atoms with E-state index in [2.05, 4.69) is 10.3 Å². The molecule has 0 atom stereocenters. The molecular formula is C26H22F2N4O2. The van der Waals surface area contributed by atoms with E-state index in [4.69, 9.17) is 16.2 Å². The number of nitrogens with two attached hydrogens (primary N) is 2. The molecule has 34 heavy (non-hydrogen) atoms. The van der Waals surface area contributed by atoms with Gasteiger partial charge in [0.15, 0.2) is 0 Å². The predicted molar refractivity (Wildman–Crippen MR) is 128 cm³/mol. The topological polar surface area (TPSA) is 103 Å². The number of nitrogen functional groups attached to an aromatic ring is 2. The van der Waals surface area contributed by atoms with Gasteiger partial charge in [-0.2, -0.15) is 0 Å². The number of aromatic nitrogens is 1. The number of hydrogen-bond acceptors (Lipinski definition) is 5. The zero-order valence-corrected chi connectivity index (χ0v) is 18.1. The molecule has 0 aliphatic rings. The molecule has 6 nitrogen and oxygen atoms in total. The molecule has 0 unspecified atom stereocenters. The van der Waals surface area contributed by atoms with E-state index in [9.17, 15) is 13.6 Å². The molecule has 1 amide bonds. The van der Waals surface area contributed by atoms with Crippen molar-refractivity contribution in [3.63, 3.8) is 0 Å². The number of benzene rings is 3. The maximum absolute atomic E-state index is 14.5. The Morgan fingerprint density at radius 2 is 1.68 bits per heavy atom. The molecule has 1 aromatic heterocycles. The van der Waals surface area contributed by atoms with E-state index in [1.807, 2.05) is 30.3 Å². The average Bonchev–Trinajstić information content (AvgIpc) is 2.83. The molecule has 1 heterocycles. The third-order valence-corrected chi connectivity index (χ3v) is 5.14. The largest absolute Gasteiger partial charge is 0.396 e. The molecular weight excluding hydrogens is 438 g/mol. The number of nitrogens with one attached hydrogen (secondary N) is 1. The van der Waals surface area contributed by atoms with E-state index in [-0.39, 0.29) is 23.7 Å². The smallest absolute Gasteiger partial charge is 0.258 e. The number of nitrogens with zero attached hydrogens (tertiary/aromatic N) is 1. The molecule has 4 aromatic rings. The van der Waals surface area contributed by atoms with Crippen molar-refractivity contribution in [2.45, 2.75) is 13.2 Å². The number of pyridine rings is 1. The molecule has 0 radical (unpaired) electrons. The van der Waals surface area contributed by atoms with Crippen molar-refractivity contribution in [1.29, 1.82) is 0 Å². The van der Waals surface area contributed by atoms with Crippen LogP contribution in [-0.4, -0.2) is 10.9 Å². The van der Waals surface area contributed by atoms with Crippen molar-refractivity contribution in [3.05, 3.63) is 107 Å². The monoisotopic (exact) mass is 460 g/mol. The summed E-state index contributed by atoms with van der Waals surface area (Å²) in [6, 6.07) is 21.0. The summed E-state index contributed by atoms with van der Waals surface area (Å²) in [5.74, 6) is -1.86. The molecule has 8 heteroatoms. The minimum absolute atomic E-state index is 0.0728. The quantitative estimate of drug-likeness (QED) is 0.353. The summed E-state index contributed by atoms with van der Waals surface area (Å²) in [6.07, 6.45) is 0. The van der Waals surface area contributed by atoms with E-state index in [1.165, 1.54) is 30.3 Å². The fourth-order valence-corrected chi connectivity index (χ4v) is 3.30. The van der Waals surface area contributed by atoms with E-state index >= 15 is 0 Å². The van der Waals surface area contributed by atoms with E-state index < -0.39 is 17.5 Å². The first-order chi connectivity index (χ1) is 16.4. The van der Waals surface area contributed by atoms with Crippen LogP contribution in [0.2, 0.25) is 0 Å². The lowest BCUT2D eigenvalue weighted by molar-refractivity contribution is 0.102. The van der Waals surface area contributed by atoms with Gasteiger partial charge in [0.05, 0.1) is 30.2 Å². The molecule has 0 fully saturated rings. The van der Waals surface area contributed by atoms with Gasteiger partial charge in [-0.15, -0.1) is 0 Å². The Balaban J connectivity index is 1.45. The SMILES string of the molecule is Nc1ccc(-c2ccc(F)c(C(=O)Nc3ccc(COCc4ccccc4)c(F)c3)c2)nc1N. The number of rotatable bonds is 7. The van der Waals surface area contributed by atoms with Crippen molar-refractivity contribution in [2.24, 2.45) is 0 Å². The summed E-state index contributed by atoms with van der Waals surface area (Å²) in [5.41, 5.74) is 14.0. The summed E-state index contributed by atoms with van der Waals surface area (Å²) in [5, 5.41) is 2.52. The van der Waals surface area contributed by atoms with Crippen molar-refractivity contribution in [1.82, 2.24) is 4.98 Å². The van der Waals surface area contributed by atoms with Gasteiger partial charge in [0.1, 0.15) is 17.5 Å². The zero-order valence-electron chi connectivity index (χ0n) is 18.1. The Morgan fingerprint density at radius 1 is 0.882 bits per heavy atom. The first-order valence-electron chi connectivity index (χ1n) is 10.4. The van der Waals surface area contributed by atoms with Crippen LogP contribution < -0.4 is 16.8 Å². The Bertz CT molecular complexity index is 1330. The first kappa shape index (κ1) is 22.9. The molecule has 0 saturated carbocycles. The lowest BCUT2D eigenvalue weighted by Gasteiger charge is -2.11. The second-order valence-electron chi connectivity index (χ2n) is 7.60. The molecule has 4 rings (SSSR count). The van der Waals surface area contributed by atoms with Gasteiger partial charge in [0.2, 0.25) is 0 Å². The Labute approximate surface area is 195 Å². The fourth-order valence-electron chi connectivity index (χ4n) is 3.30. The highest BCUT2D eigenvalue weighted by molar-refractivity contribution is 6.05.